The van der Waals surface area contributed by atoms with Crippen LogP contribution in [-0.2, 0) is 11.8 Å². The minimum atomic E-state index is -0.0465. The topological polar surface area (TPSA) is 66.5 Å². The first-order chi connectivity index (χ1) is 16.5. The van der Waals surface area contributed by atoms with Crippen LogP contribution in [0.2, 0.25) is 10.0 Å². The van der Waals surface area contributed by atoms with Gasteiger partial charge in [-0.3, -0.25) is 9.67 Å². The van der Waals surface area contributed by atoms with E-state index < -0.39 is 0 Å². The summed E-state index contributed by atoms with van der Waals surface area (Å²) in [6.45, 7) is 3.24. The molecular weight excluding hydrogens is 473 g/mol. The van der Waals surface area contributed by atoms with Crippen LogP contribution in [0.5, 0.6) is 5.75 Å². The molecule has 6 rings (SSSR count). The molecule has 1 unspecified atom stereocenters. The maximum Gasteiger partial charge on any atom is 0.150 e. The number of ether oxygens (including phenoxy) is 2. The van der Waals surface area contributed by atoms with Gasteiger partial charge in [-0.25, -0.2) is 4.98 Å². The lowest BCUT2D eigenvalue weighted by molar-refractivity contribution is 0.143. The van der Waals surface area contributed by atoms with E-state index in [1.807, 2.05) is 67.4 Å². The third-order valence-electron chi connectivity index (χ3n) is 6.20. The first kappa shape index (κ1) is 21.4. The molecule has 0 aliphatic carbocycles. The molecule has 0 spiro atoms. The summed E-state index contributed by atoms with van der Waals surface area (Å²) in [7, 11) is 1.89. The highest BCUT2D eigenvalue weighted by Crippen LogP contribution is 2.41. The normalized spacial score (nSPS) is 16.1. The Morgan fingerprint density at radius 3 is 2.68 bits per heavy atom. The summed E-state index contributed by atoms with van der Waals surface area (Å²) in [6.07, 6.45) is 8.35. The fourth-order valence-electron chi connectivity index (χ4n) is 4.49. The summed E-state index contributed by atoms with van der Waals surface area (Å²) in [5.41, 5.74) is 5.66. The van der Waals surface area contributed by atoms with Gasteiger partial charge < -0.3 is 13.9 Å². The molecule has 1 aliphatic heterocycles. The van der Waals surface area contributed by atoms with Crippen molar-refractivity contribution in [3.63, 3.8) is 0 Å². The van der Waals surface area contributed by atoms with Gasteiger partial charge in [-0.15, -0.1) is 0 Å². The van der Waals surface area contributed by atoms with Gasteiger partial charge in [0.25, 0.3) is 0 Å². The van der Waals surface area contributed by atoms with Crippen LogP contribution in [0.25, 0.3) is 38.9 Å². The maximum atomic E-state index is 6.59. The predicted octanol–water partition coefficient (Wildman–Crippen LogP) is 5.73. The lowest BCUT2D eigenvalue weighted by Gasteiger charge is -2.17. The molecule has 5 heterocycles. The van der Waals surface area contributed by atoms with Crippen LogP contribution in [0, 0.1) is 6.92 Å². The number of hydrogen-bond acceptors (Lipinski definition) is 5. The van der Waals surface area contributed by atoms with E-state index in [9.17, 15) is 0 Å². The molecule has 1 atom stereocenters. The highest BCUT2D eigenvalue weighted by Gasteiger charge is 2.25. The Morgan fingerprint density at radius 2 is 1.97 bits per heavy atom. The molecule has 7 nitrogen and oxygen atoms in total. The number of halogens is 2. The van der Waals surface area contributed by atoms with Crippen LogP contribution in [0.4, 0.5) is 0 Å². The second-order valence-corrected chi connectivity index (χ2v) is 9.23. The number of nitrogens with zero attached hydrogens (tertiary/aromatic N) is 5. The van der Waals surface area contributed by atoms with E-state index in [0.717, 1.165) is 51.2 Å². The van der Waals surface area contributed by atoms with Crippen LogP contribution in [0.1, 0.15) is 12.1 Å². The van der Waals surface area contributed by atoms with Gasteiger partial charge >= 0.3 is 0 Å². The van der Waals surface area contributed by atoms with E-state index in [1.54, 1.807) is 4.68 Å². The minimum absolute atomic E-state index is 0.0465. The summed E-state index contributed by atoms with van der Waals surface area (Å²) in [5.74, 6) is 0.723. The molecule has 0 amide bonds. The monoisotopic (exact) mass is 493 g/mol. The number of fused-ring (bicyclic) bond motifs is 3. The molecule has 1 aliphatic rings. The first-order valence-corrected chi connectivity index (χ1v) is 11.7. The lowest BCUT2D eigenvalue weighted by atomic mass is 10.1. The summed E-state index contributed by atoms with van der Waals surface area (Å²) < 4.78 is 16.0. The third kappa shape index (κ3) is 3.43. The molecule has 34 heavy (non-hydrogen) atoms. The fourth-order valence-corrected chi connectivity index (χ4v) is 5.07. The van der Waals surface area contributed by atoms with Gasteiger partial charge in [-0.2, -0.15) is 5.10 Å². The van der Waals surface area contributed by atoms with Crippen molar-refractivity contribution in [2.75, 3.05) is 13.2 Å². The quantitative estimate of drug-likeness (QED) is 0.319. The van der Waals surface area contributed by atoms with Crippen LogP contribution in [-0.4, -0.2) is 43.5 Å². The zero-order valence-corrected chi connectivity index (χ0v) is 20.1. The van der Waals surface area contributed by atoms with Crippen molar-refractivity contribution in [1.29, 1.82) is 0 Å². The van der Waals surface area contributed by atoms with Crippen molar-refractivity contribution in [2.24, 2.45) is 7.05 Å². The van der Waals surface area contributed by atoms with Gasteiger partial charge in [-0.1, -0.05) is 29.3 Å². The zero-order valence-electron chi connectivity index (χ0n) is 18.6. The highest BCUT2D eigenvalue weighted by molar-refractivity contribution is 6.39. The van der Waals surface area contributed by atoms with Gasteiger partial charge in [0.1, 0.15) is 11.9 Å². The maximum absolute atomic E-state index is 6.59. The molecule has 172 valence electrons. The number of aryl methyl sites for hydroxylation is 2. The number of rotatable bonds is 4. The minimum Gasteiger partial charge on any atom is -0.486 e. The van der Waals surface area contributed by atoms with E-state index in [1.165, 1.54) is 0 Å². The molecule has 0 radical (unpaired) electrons. The van der Waals surface area contributed by atoms with Crippen LogP contribution in [0.3, 0.4) is 0 Å². The van der Waals surface area contributed by atoms with Gasteiger partial charge in [0.15, 0.2) is 5.65 Å². The molecule has 0 N–H and O–H groups in total. The Kier molecular flexibility index (Phi) is 5.21. The Morgan fingerprint density at radius 1 is 1.15 bits per heavy atom. The fraction of sp³-hybridized carbons (Fsp3) is 0.240. The van der Waals surface area contributed by atoms with E-state index in [0.29, 0.717) is 28.8 Å². The smallest absolute Gasteiger partial charge is 0.150 e. The largest absolute Gasteiger partial charge is 0.486 e. The van der Waals surface area contributed by atoms with Crippen LogP contribution < -0.4 is 4.74 Å². The Hall–Kier alpha value is -3.13. The number of imidazole rings is 1. The summed E-state index contributed by atoms with van der Waals surface area (Å²) >= 11 is 13.1. The second-order valence-electron chi connectivity index (χ2n) is 8.42. The average Bonchev–Trinajstić information content (AvgIpc) is 3.56. The number of aromatic nitrogens is 5. The van der Waals surface area contributed by atoms with Crippen molar-refractivity contribution in [2.45, 2.75) is 19.4 Å². The predicted molar refractivity (Wildman–Crippen MR) is 133 cm³/mol. The van der Waals surface area contributed by atoms with Crippen LogP contribution >= 0.6 is 23.2 Å². The van der Waals surface area contributed by atoms with Gasteiger partial charge in [0, 0.05) is 54.4 Å². The zero-order chi connectivity index (χ0) is 23.4. The van der Waals surface area contributed by atoms with E-state index in [4.69, 9.17) is 42.6 Å². The van der Waals surface area contributed by atoms with Crippen molar-refractivity contribution in [3.05, 3.63) is 64.8 Å². The molecule has 1 fully saturated rings. The third-order valence-corrected chi connectivity index (χ3v) is 6.83. The number of benzene rings is 1. The molecule has 9 heteroatoms. The molecule has 1 saturated heterocycles. The van der Waals surface area contributed by atoms with Crippen molar-refractivity contribution in [3.8, 4) is 28.1 Å². The van der Waals surface area contributed by atoms with E-state index in [-0.39, 0.29) is 6.10 Å². The summed E-state index contributed by atoms with van der Waals surface area (Å²) in [4.78, 5) is 9.77. The van der Waals surface area contributed by atoms with Crippen molar-refractivity contribution >= 4 is 39.8 Å². The van der Waals surface area contributed by atoms with Crippen molar-refractivity contribution in [1.82, 2.24) is 24.1 Å². The van der Waals surface area contributed by atoms with E-state index >= 15 is 0 Å². The van der Waals surface area contributed by atoms with Gasteiger partial charge in [0.2, 0.25) is 0 Å². The standard InChI is InChI=1S/C25H21Cl2N5O2/c1-14-23(21-18(26)4-3-5-19(21)27)30-25-22-20(6-8-32(14)25)28-11-17(15-10-29-31(2)12-15)24(22)34-16-7-9-33-13-16/h3-6,8,10-12,16H,7,9,13H2,1-2H3. The highest BCUT2D eigenvalue weighted by atomic mass is 35.5. The molecule has 0 bridgehead atoms. The van der Waals surface area contributed by atoms with Crippen LogP contribution in [0.15, 0.2) is 49.1 Å². The number of pyridine rings is 2. The average molecular weight is 494 g/mol. The Labute approximate surface area is 205 Å². The number of hydrogen-bond donors (Lipinski definition) is 0. The Balaban J connectivity index is 1.66. The van der Waals surface area contributed by atoms with Gasteiger partial charge in [-0.05, 0) is 25.1 Å². The SMILES string of the molecule is Cc1c(-c2c(Cl)cccc2Cl)nc2c3c(OC4CCOC4)c(-c4cnn(C)c4)cnc3ccn12. The van der Waals surface area contributed by atoms with Crippen molar-refractivity contribution < 1.29 is 9.47 Å². The summed E-state index contributed by atoms with van der Waals surface area (Å²) in [6, 6.07) is 7.44. The first-order valence-electron chi connectivity index (χ1n) is 11.0. The van der Waals surface area contributed by atoms with Gasteiger partial charge in [0.05, 0.1) is 46.1 Å². The van der Waals surface area contributed by atoms with E-state index in [2.05, 4.69) is 5.10 Å². The molecule has 5 aromatic rings. The second kappa shape index (κ2) is 8.27. The molecular formula is C25H21Cl2N5O2. The molecule has 1 aromatic carbocycles. The summed E-state index contributed by atoms with van der Waals surface area (Å²) in [5, 5.41) is 6.28. The molecule has 0 saturated carbocycles. The Bertz CT molecular complexity index is 1530. The molecule has 4 aromatic heterocycles. The lowest BCUT2D eigenvalue weighted by Crippen LogP contribution is -2.16.